The smallest absolute Gasteiger partial charge is 0.204 e. The summed E-state index contributed by atoms with van der Waals surface area (Å²) in [5.74, 6) is -0.958. The maximum Gasteiger partial charge on any atom is 0.204 e. The Kier molecular flexibility index (Phi) is 2.55. The summed E-state index contributed by atoms with van der Waals surface area (Å²) >= 11 is 5.72. The largest absolute Gasteiger partial charge is 0.508 e. The number of rotatable bonds is 0. The number of benzene rings is 2. The lowest BCUT2D eigenvalue weighted by molar-refractivity contribution is 0.453. The van der Waals surface area contributed by atoms with Crippen LogP contribution in [0, 0.1) is 6.92 Å². The molecule has 0 atom stereocenters. The quantitative estimate of drug-likeness (QED) is 0.554. The molecule has 1 heterocycles. The van der Waals surface area contributed by atoms with Crippen molar-refractivity contribution >= 4 is 33.5 Å². The van der Waals surface area contributed by atoms with E-state index in [2.05, 4.69) is 0 Å². The standard InChI is InChI=1S/C14H9ClO5/c1-5-2-6(16)3-8-10(5)13(18)11-9(20-8)4-7(17)12(15)14(11)19/h2-4,16-17,19H,1H3. The van der Waals surface area contributed by atoms with Crippen LogP contribution in [-0.4, -0.2) is 15.3 Å². The minimum Gasteiger partial charge on any atom is -0.508 e. The molecule has 3 rings (SSSR count). The monoisotopic (exact) mass is 292 g/mol. The first-order valence-electron chi connectivity index (χ1n) is 5.70. The van der Waals surface area contributed by atoms with Crippen LogP contribution in [0.1, 0.15) is 5.56 Å². The van der Waals surface area contributed by atoms with Gasteiger partial charge in [0, 0.05) is 12.1 Å². The third kappa shape index (κ3) is 1.60. The van der Waals surface area contributed by atoms with Gasteiger partial charge in [0.2, 0.25) is 5.43 Å². The second kappa shape index (κ2) is 4.05. The summed E-state index contributed by atoms with van der Waals surface area (Å²) < 4.78 is 5.47. The first-order chi connectivity index (χ1) is 9.40. The Bertz CT molecular complexity index is 927. The second-order valence-corrected chi connectivity index (χ2v) is 4.88. The van der Waals surface area contributed by atoms with E-state index in [0.29, 0.717) is 5.56 Å². The van der Waals surface area contributed by atoms with Crippen molar-refractivity contribution in [1.82, 2.24) is 0 Å². The van der Waals surface area contributed by atoms with Crippen LogP contribution in [0.5, 0.6) is 17.2 Å². The molecule has 0 aliphatic heterocycles. The predicted octanol–water partition coefficient (Wildman–Crippen LogP) is 3.02. The van der Waals surface area contributed by atoms with Crippen molar-refractivity contribution in [3.8, 4) is 17.2 Å². The van der Waals surface area contributed by atoms with Gasteiger partial charge in [-0.25, -0.2) is 0 Å². The molecule has 3 N–H and O–H groups in total. The van der Waals surface area contributed by atoms with Crippen molar-refractivity contribution in [2.45, 2.75) is 6.92 Å². The molecular weight excluding hydrogens is 284 g/mol. The van der Waals surface area contributed by atoms with Crippen molar-refractivity contribution in [1.29, 1.82) is 0 Å². The minimum absolute atomic E-state index is 0.00750. The van der Waals surface area contributed by atoms with Crippen LogP contribution in [0.2, 0.25) is 5.02 Å². The highest BCUT2D eigenvalue weighted by Gasteiger charge is 2.18. The van der Waals surface area contributed by atoms with E-state index in [4.69, 9.17) is 16.0 Å². The number of aryl methyl sites for hydroxylation is 1. The van der Waals surface area contributed by atoms with Gasteiger partial charge in [0.25, 0.3) is 0 Å². The highest BCUT2D eigenvalue weighted by molar-refractivity contribution is 6.34. The molecule has 0 saturated heterocycles. The molecule has 0 unspecified atom stereocenters. The molecule has 0 saturated carbocycles. The second-order valence-electron chi connectivity index (χ2n) is 4.50. The van der Waals surface area contributed by atoms with Gasteiger partial charge in [-0.15, -0.1) is 0 Å². The number of aromatic hydroxyl groups is 3. The van der Waals surface area contributed by atoms with E-state index in [9.17, 15) is 20.1 Å². The molecule has 0 spiro atoms. The molecule has 6 heteroatoms. The molecule has 2 aromatic carbocycles. The first kappa shape index (κ1) is 12.6. The average Bonchev–Trinajstić information content (AvgIpc) is 2.34. The Balaban J connectivity index is 2.65. The van der Waals surface area contributed by atoms with Crippen LogP contribution in [-0.2, 0) is 0 Å². The molecule has 0 aliphatic carbocycles. The van der Waals surface area contributed by atoms with Crippen molar-refractivity contribution in [2.75, 3.05) is 0 Å². The first-order valence-corrected chi connectivity index (χ1v) is 6.08. The van der Waals surface area contributed by atoms with Gasteiger partial charge in [-0.1, -0.05) is 11.6 Å². The maximum absolute atomic E-state index is 12.5. The average molecular weight is 293 g/mol. The van der Waals surface area contributed by atoms with Crippen molar-refractivity contribution in [3.05, 3.63) is 39.0 Å². The number of fused-ring (bicyclic) bond motifs is 2. The summed E-state index contributed by atoms with van der Waals surface area (Å²) in [6, 6.07) is 3.87. The van der Waals surface area contributed by atoms with E-state index in [1.165, 1.54) is 12.1 Å². The van der Waals surface area contributed by atoms with Crippen molar-refractivity contribution in [3.63, 3.8) is 0 Å². The van der Waals surface area contributed by atoms with E-state index in [1.807, 2.05) is 0 Å². The predicted molar refractivity (Wildman–Crippen MR) is 74.7 cm³/mol. The van der Waals surface area contributed by atoms with Gasteiger partial charge < -0.3 is 19.7 Å². The Morgan fingerprint density at radius 2 is 1.70 bits per heavy atom. The number of phenols is 3. The Morgan fingerprint density at radius 1 is 1.05 bits per heavy atom. The van der Waals surface area contributed by atoms with E-state index >= 15 is 0 Å². The summed E-state index contributed by atoms with van der Waals surface area (Å²) in [6.07, 6.45) is 0. The van der Waals surface area contributed by atoms with Gasteiger partial charge in [-0.05, 0) is 18.6 Å². The lowest BCUT2D eigenvalue weighted by Crippen LogP contribution is -2.04. The summed E-state index contributed by atoms with van der Waals surface area (Å²) in [5, 5.41) is 28.9. The van der Waals surface area contributed by atoms with Crippen LogP contribution >= 0.6 is 11.6 Å². The summed E-state index contributed by atoms with van der Waals surface area (Å²) in [6.45, 7) is 1.64. The number of halogens is 1. The van der Waals surface area contributed by atoms with Crippen molar-refractivity contribution < 1.29 is 19.7 Å². The van der Waals surface area contributed by atoms with Gasteiger partial charge in [-0.2, -0.15) is 0 Å². The van der Waals surface area contributed by atoms with Crippen molar-refractivity contribution in [2.24, 2.45) is 0 Å². The molecule has 0 aliphatic rings. The molecule has 1 aromatic heterocycles. The zero-order valence-electron chi connectivity index (χ0n) is 10.3. The Morgan fingerprint density at radius 3 is 2.40 bits per heavy atom. The third-order valence-corrected chi connectivity index (χ3v) is 3.51. The highest BCUT2D eigenvalue weighted by Crippen LogP contribution is 2.39. The Hall–Kier alpha value is -2.40. The SMILES string of the molecule is Cc1cc(O)cc2oc3cc(O)c(Cl)c(O)c3c(=O)c12. The van der Waals surface area contributed by atoms with Crippen LogP contribution < -0.4 is 5.43 Å². The van der Waals surface area contributed by atoms with Crippen LogP contribution in [0.3, 0.4) is 0 Å². The number of phenolic OH excluding ortho intramolecular Hbond substituents is 3. The highest BCUT2D eigenvalue weighted by atomic mass is 35.5. The fourth-order valence-electron chi connectivity index (χ4n) is 2.26. The van der Waals surface area contributed by atoms with Gasteiger partial charge in [0.15, 0.2) is 5.75 Å². The van der Waals surface area contributed by atoms with Gasteiger partial charge in [-0.3, -0.25) is 4.79 Å². The summed E-state index contributed by atoms with van der Waals surface area (Å²) in [7, 11) is 0. The van der Waals surface area contributed by atoms with E-state index in [-0.39, 0.29) is 32.7 Å². The fraction of sp³-hybridized carbons (Fsp3) is 0.0714. The van der Waals surface area contributed by atoms with Gasteiger partial charge >= 0.3 is 0 Å². The molecule has 0 radical (unpaired) electrons. The van der Waals surface area contributed by atoms with Crippen LogP contribution in [0.25, 0.3) is 21.9 Å². The fourth-order valence-corrected chi connectivity index (χ4v) is 2.41. The zero-order valence-corrected chi connectivity index (χ0v) is 11.0. The van der Waals surface area contributed by atoms with E-state index in [0.717, 1.165) is 6.07 Å². The molecule has 0 bridgehead atoms. The zero-order chi connectivity index (χ0) is 14.6. The lowest BCUT2D eigenvalue weighted by Gasteiger charge is -2.08. The summed E-state index contributed by atoms with van der Waals surface area (Å²) in [5.41, 5.74) is 0.199. The molecule has 20 heavy (non-hydrogen) atoms. The van der Waals surface area contributed by atoms with Crippen LogP contribution in [0.4, 0.5) is 0 Å². The molecule has 3 aromatic rings. The van der Waals surface area contributed by atoms with Crippen LogP contribution in [0.15, 0.2) is 27.4 Å². The normalized spacial score (nSPS) is 11.3. The van der Waals surface area contributed by atoms with Gasteiger partial charge in [0.1, 0.15) is 33.1 Å². The molecule has 0 fully saturated rings. The lowest BCUT2D eigenvalue weighted by atomic mass is 10.1. The molecule has 102 valence electrons. The third-order valence-electron chi connectivity index (χ3n) is 3.14. The molecule has 5 nitrogen and oxygen atoms in total. The van der Waals surface area contributed by atoms with E-state index < -0.39 is 16.9 Å². The molecule has 0 amide bonds. The summed E-state index contributed by atoms with van der Waals surface area (Å²) in [4.78, 5) is 12.5. The number of hydrogen-bond donors (Lipinski definition) is 3. The topological polar surface area (TPSA) is 90.9 Å². The van der Waals surface area contributed by atoms with E-state index in [1.54, 1.807) is 6.92 Å². The maximum atomic E-state index is 12.5. The molecular formula is C14H9ClO5. The minimum atomic E-state index is -0.523. The number of hydrogen-bond acceptors (Lipinski definition) is 5. The Labute approximate surface area is 117 Å². The van der Waals surface area contributed by atoms with Gasteiger partial charge in [0.05, 0.1) is 5.39 Å².